The van der Waals surface area contributed by atoms with Gasteiger partial charge in [-0.25, -0.2) is 0 Å². The molecule has 114 valence electrons. The van der Waals surface area contributed by atoms with Gasteiger partial charge in [-0.3, -0.25) is 4.79 Å². The third-order valence-electron chi connectivity index (χ3n) is 4.70. The zero-order valence-electron chi connectivity index (χ0n) is 12.6. The Morgan fingerprint density at radius 1 is 1.29 bits per heavy atom. The molecule has 0 saturated carbocycles. The number of nitrogens with zero attached hydrogens (tertiary/aromatic N) is 1. The van der Waals surface area contributed by atoms with Crippen LogP contribution in [0.3, 0.4) is 0 Å². The normalized spacial score (nSPS) is 24.6. The molecular formula is C16H22N2O3. The Kier molecular flexibility index (Phi) is 3.76. The van der Waals surface area contributed by atoms with Crippen molar-refractivity contribution in [2.75, 3.05) is 40.4 Å². The highest BCUT2D eigenvalue weighted by Crippen LogP contribution is 2.37. The molecule has 2 aliphatic rings. The topological polar surface area (TPSA) is 50.8 Å². The van der Waals surface area contributed by atoms with Crippen LogP contribution in [-0.4, -0.2) is 51.2 Å². The van der Waals surface area contributed by atoms with E-state index < -0.39 is 0 Å². The first-order chi connectivity index (χ1) is 10.2. The number of ether oxygens (including phenoxy) is 2. The molecule has 2 fully saturated rings. The maximum atomic E-state index is 12.8. The first kappa shape index (κ1) is 14.2. The van der Waals surface area contributed by atoms with E-state index >= 15 is 0 Å². The maximum Gasteiger partial charge on any atom is 0.257 e. The number of rotatable bonds is 3. The van der Waals surface area contributed by atoms with Crippen LogP contribution in [0, 0.1) is 5.41 Å². The SMILES string of the molecule is COc1ccc(C(=O)N2CCC3(CCNC3)C2)c(OC)c1. The van der Waals surface area contributed by atoms with E-state index in [1.807, 2.05) is 4.90 Å². The van der Waals surface area contributed by atoms with E-state index in [0.717, 1.165) is 39.0 Å². The first-order valence-corrected chi connectivity index (χ1v) is 7.39. The summed E-state index contributed by atoms with van der Waals surface area (Å²) in [7, 11) is 3.19. The Labute approximate surface area is 125 Å². The predicted molar refractivity (Wildman–Crippen MR) is 80.0 cm³/mol. The molecule has 1 atom stereocenters. The Morgan fingerprint density at radius 2 is 2.14 bits per heavy atom. The van der Waals surface area contributed by atoms with Gasteiger partial charge >= 0.3 is 0 Å². The van der Waals surface area contributed by atoms with Gasteiger partial charge in [-0.1, -0.05) is 0 Å². The van der Waals surface area contributed by atoms with Crippen LogP contribution in [-0.2, 0) is 0 Å². The van der Waals surface area contributed by atoms with Crippen LogP contribution in [0.5, 0.6) is 11.5 Å². The average molecular weight is 290 g/mol. The molecule has 1 aromatic rings. The lowest BCUT2D eigenvalue weighted by Gasteiger charge is -2.23. The minimum absolute atomic E-state index is 0.0540. The fourth-order valence-corrected chi connectivity index (χ4v) is 3.40. The summed E-state index contributed by atoms with van der Waals surface area (Å²) in [5.41, 5.74) is 0.899. The molecular weight excluding hydrogens is 268 g/mol. The molecule has 3 rings (SSSR count). The molecule has 2 saturated heterocycles. The molecule has 21 heavy (non-hydrogen) atoms. The lowest BCUT2D eigenvalue weighted by Crippen LogP contribution is -2.33. The summed E-state index contributed by atoms with van der Waals surface area (Å²) in [5, 5.41) is 3.41. The monoisotopic (exact) mass is 290 g/mol. The summed E-state index contributed by atoms with van der Waals surface area (Å²) < 4.78 is 10.5. The number of methoxy groups -OCH3 is 2. The van der Waals surface area contributed by atoms with Crippen LogP contribution in [0.2, 0.25) is 0 Å². The second-order valence-corrected chi connectivity index (χ2v) is 5.97. The maximum absolute atomic E-state index is 12.8. The third-order valence-corrected chi connectivity index (χ3v) is 4.70. The molecule has 1 unspecified atom stereocenters. The van der Waals surface area contributed by atoms with Crippen LogP contribution in [0.1, 0.15) is 23.2 Å². The van der Waals surface area contributed by atoms with Crippen molar-refractivity contribution in [2.45, 2.75) is 12.8 Å². The molecule has 1 aromatic carbocycles. The molecule has 0 radical (unpaired) electrons. The third kappa shape index (κ3) is 2.58. The van der Waals surface area contributed by atoms with Gasteiger partial charge in [-0.2, -0.15) is 0 Å². The summed E-state index contributed by atoms with van der Waals surface area (Å²) in [6.07, 6.45) is 2.25. The highest BCUT2D eigenvalue weighted by Gasteiger charge is 2.42. The van der Waals surface area contributed by atoms with Gasteiger partial charge < -0.3 is 19.7 Å². The zero-order chi connectivity index (χ0) is 14.9. The molecule has 1 spiro atoms. The van der Waals surface area contributed by atoms with Crippen molar-refractivity contribution >= 4 is 5.91 Å². The van der Waals surface area contributed by atoms with E-state index in [-0.39, 0.29) is 11.3 Å². The standard InChI is InChI=1S/C16H22N2O3/c1-20-12-3-4-13(14(9-12)21-2)15(19)18-8-6-16(11-18)5-7-17-10-16/h3-4,9,17H,5-8,10-11H2,1-2H3. The molecule has 2 aliphatic heterocycles. The molecule has 1 N–H and O–H groups in total. The van der Waals surface area contributed by atoms with Crippen molar-refractivity contribution < 1.29 is 14.3 Å². The van der Waals surface area contributed by atoms with E-state index in [2.05, 4.69) is 5.32 Å². The fourth-order valence-electron chi connectivity index (χ4n) is 3.40. The molecule has 1 amide bonds. The molecule has 2 heterocycles. The van der Waals surface area contributed by atoms with Crippen LogP contribution >= 0.6 is 0 Å². The molecule has 0 bridgehead atoms. The highest BCUT2D eigenvalue weighted by molar-refractivity contribution is 5.97. The molecule has 0 aromatic heterocycles. The summed E-state index contributed by atoms with van der Waals surface area (Å²) in [6, 6.07) is 5.35. The summed E-state index contributed by atoms with van der Waals surface area (Å²) >= 11 is 0. The number of likely N-dealkylation sites (tertiary alicyclic amines) is 1. The number of hydrogen-bond donors (Lipinski definition) is 1. The number of benzene rings is 1. The van der Waals surface area contributed by atoms with Crippen LogP contribution in [0.15, 0.2) is 18.2 Å². The largest absolute Gasteiger partial charge is 0.497 e. The van der Waals surface area contributed by atoms with Gasteiger partial charge in [0.15, 0.2) is 0 Å². The number of carbonyl (C=O) groups excluding carboxylic acids is 1. The van der Waals surface area contributed by atoms with E-state index in [4.69, 9.17) is 9.47 Å². The lowest BCUT2D eigenvalue weighted by molar-refractivity contribution is 0.0772. The van der Waals surface area contributed by atoms with Gasteiger partial charge in [0, 0.05) is 31.1 Å². The van der Waals surface area contributed by atoms with Crippen molar-refractivity contribution in [3.05, 3.63) is 23.8 Å². The van der Waals surface area contributed by atoms with Gasteiger partial charge in [-0.15, -0.1) is 0 Å². The molecule has 5 nitrogen and oxygen atoms in total. The summed E-state index contributed by atoms with van der Waals surface area (Å²) in [6.45, 7) is 3.76. The van der Waals surface area contributed by atoms with Crippen LogP contribution in [0.25, 0.3) is 0 Å². The summed E-state index contributed by atoms with van der Waals surface area (Å²) in [4.78, 5) is 14.7. The minimum atomic E-state index is 0.0540. The fraction of sp³-hybridized carbons (Fsp3) is 0.562. The second-order valence-electron chi connectivity index (χ2n) is 5.97. The van der Waals surface area contributed by atoms with Gasteiger partial charge in [0.1, 0.15) is 11.5 Å². The summed E-state index contributed by atoms with van der Waals surface area (Å²) in [5.74, 6) is 1.32. The van der Waals surface area contributed by atoms with E-state index in [1.54, 1.807) is 32.4 Å². The lowest BCUT2D eigenvalue weighted by atomic mass is 9.86. The number of nitrogens with one attached hydrogen (secondary N) is 1. The van der Waals surface area contributed by atoms with Crippen molar-refractivity contribution in [2.24, 2.45) is 5.41 Å². The highest BCUT2D eigenvalue weighted by atomic mass is 16.5. The average Bonchev–Trinajstić information content (AvgIpc) is 3.16. The Morgan fingerprint density at radius 3 is 2.81 bits per heavy atom. The quantitative estimate of drug-likeness (QED) is 0.917. The number of hydrogen-bond acceptors (Lipinski definition) is 4. The number of carbonyl (C=O) groups is 1. The Hall–Kier alpha value is -1.75. The van der Waals surface area contributed by atoms with Crippen LogP contribution in [0.4, 0.5) is 0 Å². The van der Waals surface area contributed by atoms with E-state index in [9.17, 15) is 4.79 Å². The second kappa shape index (κ2) is 5.56. The van der Waals surface area contributed by atoms with Crippen molar-refractivity contribution in [1.29, 1.82) is 0 Å². The zero-order valence-corrected chi connectivity index (χ0v) is 12.6. The van der Waals surface area contributed by atoms with E-state index in [0.29, 0.717) is 17.1 Å². The smallest absolute Gasteiger partial charge is 0.257 e. The Bertz CT molecular complexity index is 538. The molecule has 0 aliphatic carbocycles. The van der Waals surface area contributed by atoms with Crippen molar-refractivity contribution in [1.82, 2.24) is 10.2 Å². The first-order valence-electron chi connectivity index (χ1n) is 7.39. The van der Waals surface area contributed by atoms with Gasteiger partial charge in [0.25, 0.3) is 5.91 Å². The van der Waals surface area contributed by atoms with E-state index in [1.165, 1.54) is 0 Å². The minimum Gasteiger partial charge on any atom is -0.497 e. The number of amides is 1. The van der Waals surface area contributed by atoms with Gasteiger partial charge in [-0.05, 0) is 31.5 Å². The molecule has 5 heteroatoms. The van der Waals surface area contributed by atoms with Gasteiger partial charge in [0.2, 0.25) is 0 Å². The van der Waals surface area contributed by atoms with Crippen molar-refractivity contribution in [3.8, 4) is 11.5 Å². The Balaban J connectivity index is 1.79. The van der Waals surface area contributed by atoms with Gasteiger partial charge in [0.05, 0.1) is 19.8 Å². The van der Waals surface area contributed by atoms with Crippen LogP contribution < -0.4 is 14.8 Å². The van der Waals surface area contributed by atoms with Crippen molar-refractivity contribution in [3.63, 3.8) is 0 Å². The predicted octanol–water partition coefficient (Wildman–Crippen LogP) is 1.53.